The summed E-state index contributed by atoms with van der Waals surface area (Å²) < 4.78 is 30.9. The summed E-state index contributed by atoms with van der Waals surface area (Å²) in [5.74, 6) is -2.54. The highest BCUT2D eigenvalue weighted by Gasteiger charge is 2.14. The fourth-order valence-corrected chi connectivity index (χ4v) is 1.61. The number of carboxylic acid groups (broad SMARTS) is 1. The van der Waals surface area contributed by atoms with E-state index in [0.717, 1.165) is 18.2 Å². The molecule has 0 bridgehead atoms. The zero-order chi connectivity index (χ0) is 14.7. The van der Waals surface area contributed by atoms with E-state index in [2.05, 4.69) is 10.3 Å². The number of methoxy groups -OCH3 is 1. The number of aromatic carboxylic acids is 1. The Morgan fingerprint density at radius 2 is 1.90 bits per heavy atom. The Hall–Kier alpha value is -2.70. The zero-order valence-corrected chi connectivity index (χ0v) is 10.4. The van der Waals surface area contributed by atoms with E-state index in [1.54, 1.807) is 0 Å². The number of nitrogens with one attached hydrogen (secondary N) is 1. The van der Waals surface area contributed by atoms with Gasteiger partial charge in [0.15, 0.2) is 11.4 Å². The Kier molecular flexibility index (Phi) is 3.79. The molecule has 2 rings (SSSR count). The van der Waals surface area contributed by atoms with Gasteiger partial charge < -0.3 is 15.2 Å². The van der Waals surface area contributed by atoms with Crippen molar-refractivity contribution >= 4 is 17.5 Å². The first-order valence-corrected chi connectivity index (χ1v) is 5.51. The van der Waals surface area contributed by atoms with Crippen molar-refractivity contribution in [2.45, 2.75) is 0 Å². The van der Waals surface area contributed by atoms with Gasteiger partial charge in [-0.15, -0.1) is 0 Å². The number of aromatic nitrogens is 1. The number of hydrogen-bond donors (Lipinski definition) is 2. The molecule has 0 aliphatic heterocycles. The number of pyridine rings is 1. The molecule has 0 atom stereocenters. The van der Waals surface area contributed by atoms with Crippen LogP contribution in [0.25, 0.3) is 0 Å². The standard InChI is InChI=1S/C13H10F2N2O3/c1-20-10-2-3-11(17-12(10)13(18)19)16-9-5-7(14)4-8(15)6-9/h2-6H,1H3,(H,16,17)(H,18,19). The number of ether oxygens (including phenoxy) is 1. The van der Waals surface area contributed by atoms with E-state index in [-0.39, 0.29) is 22.9 Å². The second kappa shape index (κ2) is 5.52. The van der Waals surface area contributed by atoms with E-state index in [9.17, 15) is 13.6 Å². The predicted molar refractivity (Wildman–Crippen MR) is 67.4 cm³/mol. The SMILES string of the molecule is COc1ccc(Nc2cc(F)cc(F)c2)nc1C(=O)O. The van der Waals surface area contributed by atoms with Crippen LogP contribution in [0.3, 0.4) is 0 Å². The summed E-state index contributed by atoms with van der Waals surface area (Å²) in [6, 6.07) is 5.70. The van der Waals surface area contributed by atoms with E-state index >= 15 is 0 Å². The molecule has 0 unspecified atom stereocenters. The molecule has 2 N–H and O–H groups in total. The second-order valence-corrected chi connectivity index (χ2v) is 3.84. The molecule has 1 aromatic heterocycles. The molecular weight excluding hydrogens is 270 g/mol. The van der Waals surface area contributed by atoms with Crippen molar-refractivity contribution < 1.29 is 23.4 Å². The molecule has 0 saturated carbocycles. The van der Waals surface area contributed by atoms with Crippen LogP contribution in [0.15, 0.2) is 30.3 Å². The average Bonchev–Trinajstić information content (AvgIpc) is 2.37. The van der Waals surface area contributed by atoms with E-state index in [4.69, 9.17) is 9.84 Å². The van der Waals surface area contributed by atoms with Crippen molar-refractivity contribution in [3.63, 3.8) is 0 Å². The van der Waals surface area contributed by atoms with Gasteiger partial charge in [0.25, 0.3) is 0 Å². The topological polar surface area (TPSA) is 71.5 Å². The third-order valence-corrected chi connectivity index (χ3v) is 2.42. The number of nitrogens with zero attached hydrogens (tertiary/aromatic N) is 1. The Labute approximate surface area is 112 Å². The van der Waals surface area contributed by atoms with Crippen LogP contribution in [0.2, 0.25) is 0 Å². The molecule has 104 valence electrons. The van der Waals surface area contributed by atoms with Crippen molar-refractivity contribution in [1.29, 1.82) is 0 Å². The van der Waals surface area contributed by atoms with Gasteiger partial charge in [-0.3, -0.25) is 0 Å². The van der Waals surface area contributed by atoms with Crippen LogP contribution in [0.4, 0.5) is 20.3 Å². The first-order chi connectivity index (χ1) is 9.49. The summed E-state index contributed by atoms with van der Waals surface area (Å²) in [6.07, 6.45) is 0. The molecule has 0 spiro atoms. The number of rotatable bonds is 4. The molecule has 0 aliphatic carbocycles. The molecular formula is C13H10F2N2O3. The van der Waals surface area contributed by atoms with E-state index in [1.165, 1.54) is 19.2 Å². The summed E-state index contributed by atoms with van der Waals surface area (Å²) >= 11 is 0. The highest BCUT2D eigenvalue weighted by atomic mass is 19.1. The first kappa shape index (κ1) is 13.7. The van der Waals surface area contributed by atoms with E-state index < -0.39 is 17.6 Å². The maximum Gasteiger partial charge on any atom is 0.358 e. The van der Waals surface area contributed by atoms with E-state index in [0.29, 0.717) is 0 Å². The van der Waals surface area contributed by atoms with Gasteiger partial charge in [0, 0.05) is 11.8 Å². The van der Waals surface area contributed by atoms with Gasteiger partial charge in [0.1, 0.15) is 17.5 Å². The molecule has 7 heteroatoms. The molecule has 1 aromatic carbocycles. The van der Waals surface area contributed by atoms with Crippen molar-refractivity contribution in [3.05, 3.63) is 47.7 Å². The lowest BCUT2D eigenvalue weighted by molar-refractivity contribution is 0.0686. The quantitative estimate of drug-likeness (QED) is 0.901. The van der Waals surface area contributed by atoms with Crippen molar-refractivity contribution in [3.8, 4) is 5.75 Å². The molecule has 0 radical (unpaired) electrons. The molecule has 20 heavy (non-hydrogen) atoms. The molecule has 0 saturated heterocycles. The Morgan fingerprint density at radius 1 is 1.25 bits per heavy atom. The summed E-state index contributed by atoms with van der Waals surface area (Å²) in [5.41, 5.74) is -0.175. The largest absolute Gasteiger partial charge is 0.494 e. The molecule has 5 nitrogen and oxygen atoms in total. The zero-order valence-electron chi connectivity index (χ0n) is 10.4. The summed E-state index contributed by atoms with van der Waals surface area (Å²) in [6.45, 7) is 0. The number of benzene rings is 1. The lowest BCUT2D eigenvalue weighted by Gasteiger charge is -2.09. The van der Waals surface area contributed by atoms with Crippen molar-refractivity contribution in [1.82, 2.24) is 4.98 Å². The Morgan fingerprint density at radius 3 is 2.45 bits per heavy atom. The highest BCUT2D eigenvalue weighted by molar-refractivity contribution is 5.89. The fraction of sp³-hybridized carbons (Fsp3) is 0.0769. The number of halogens is 2. The lowest BCUT2D eigenvalue weighted by atomic mass is 10.3. The van der Waals surface area contributed by atoms with Crippen LogP contribution in [-0.4, -0.2) is 23.2 Å². The first-order valence-electron chi connectivity index (χ1n) is 5.51. The lowest BCUT2D eigenvalue weighted by Crippen LogP contribution is -2.06. The summed E-state index contributed by atoms with van der Waals surface area (Å²) in [7, 11) is 1.32. The minimum Gasteiger partial charge on any atom is -0.494 e. The smallest absolute Gasteiger partial charge is 0.358 e. The van der Waals surface area contributed by atoms with Crippen LogP contribution < -0.4 is 10.1 Å². The Bertz CT molecular complexity index is 642. The van der Waals surface area contributed by atoms with Crippen LogP contribution in [-0.2, 0) is 0 Å². The van der Waals surface area contributed by atoms with Gasteiger partial charge in [-0.05, 0) is 24.3 Å². The predicted octanol–water partition coefficient (Wildman–Crippen LogP) is 2.81. The van der Waals surface area contributed by atoms with Gasteiger partial charge >= 0.3 is 5.97 Å². The monoisotopic (exact) mass is 280 g/mol. The third kappa shape index (κ3) is 3.00. The molecule has 0 fully saturated rings. The average molecular weight is 280 g/mol. The number of carbonyl (C=O) groups is 1. The number of carboxylic acids is 1. The van der Waals surface area contributed by atoms with E-state index in [1.807, 2.05) is 0 Å². The summed E-state index contributed by atoms with van der Waals surface area (Å²) in [4.78, 5) is 14.8. The minimum atomic E-state index is -1.27. The van der Waals surface area contributed by atoms with Crippen LogP contribution in [0.1, 0.15) is 10.5 Å². The van der Waals surface area contributed by atoms with Crippen LogP contribution in [0.5, 0.6) is 5.75 Å². The minimum absolute atomic E-state index is 0.0912. The third-order valence-electron chi connectivity index (χ3n) is 2.42. The molecule has 0 aliphatic rings. The van der Waals surface area contributed by atoms with Gasteiger partial charge in [0.2, 0.25) is 0 Å². The maximum atomic E-state index is 13.0. The maximum absolute atomic E-state index is 13.0. The van der Waals surface area contributed by atoms with Crippen molar-refractivity contribution in [2.24, 2.45) is 0 Å². The molecule has 0 amide bonds. The normalized spacial score (nSPS) is 10.2. The Balaban J connectivity index is 2.34. The molecule has 2 aromatic rings. The van der Waals surface area contributed by atoms with Gasteiger partial charge in [-0.2, -0.15) is 0 Å². The number of anilines is 2. The van der Waals surface area contributed by atoms with Gasteiger partial charge in [-0.1, -0.05) is 0 Å². The number of hydrogen-bond acceptors (Lipinski definition) is 4. The van der Waals surface area contributed by atoms with Gasteiger partial charge in [0.05, 0.1) is 7.11 Å². The van der Waals surface area contributed by atoms with Gasteiger partial charge in [-0.25, -0.2) is 18.6 Å². The van der Waals surface area contributed by atoms with Crippen molar-refractivity contribution in [2.75, 3.05) is 12.4 Å². The highest BCUT2D eigenvalue weighted by Crippen LogP contribution is 2.22. The summed E-state index contributed by atoms with van der Waals surface area (Å²) in [5, 5.41) is 11.6. The molecule has 1 heterocycles. The fourth-order valence-electron chi connectivity index (χ4n) is 1.61. The van der Waals surface area contributed by atoms with Crippen LogP contribution in [0, 0.1) is 11.6 Å². The second-order valence-electron chi connectivity index (χ2n) is 3.84. The van der Waals surface area contributed by atoms with Crippen LogP contribution >= 0.6 is 0 Å².